The Morgan fingerprint density at radius 3 is 2.68 bits per heavy atom. The summed E-state index contributed by atoms with van der Waals surface area (Å²) in [6.45, 7) is 6.26. The quantitative estimate of drug-likeness (QED) is 0.837. The first-order valence-electron chi connectivity index (χ1n) is 8.40. The third kappa shape index (κ3) is 5.89. The van der Waals surface area contributed by atoms with Gasteiger partial charge in [-0.1, -0.05) is 32.9 Å². The molecular weight excluding hydrogens is 321 g/mol. The van der Waals surface area contributed by atoms with E-state index in [0.29, 0.717) is 12.8 Å². The molecule has 0 saturated carbocycles. The molecule has 0 bridgehead atoms. The molecule has 1 atom stereocenters. The third-order valence-corrected chi connectivity index (χ3v) is 4.02. The highest BCUT2D eigenvalue weighted by atomic mass is 19.1. The second-order valence-electron chi connectivity index (χ2n) is 7.25. The maximum atomic E-state index is 13.7. The molecule has 1 aromatic heterocycles. The SMILES string of the molecule is Cn1cc(CCC(=O)N[C@H](COc2ccccc2F)C(C)(C)C)cn1. The number of aromatic nitrogens is 2. The van der Waals surface area contributed by atoms with E-state index in [1.54, 1.807) is 29.1 Å². The van der Waals surface area contributed by atoms with Gasteiger partial charge in [0.05, 0.1) is 12.2 Å². The number of hydrogen-bond acceptors (Lipinski definition) is 3. The zero-order valence-corrected chi connectivity index (χ0v) is 15.3. The summed E-state index contributed by atoms with van der Waals surface area (Å²) < 4.78 is 21.0. The van der Waals surface area contributed by atoms with Crippen LogP contribution in [0.2, 0.25) is 0 Å². The van der Waals surface area contributed by atoms with E-state index >= 15 is 0 Å². The fourth-order valence-electron chi connectivity index (χ4n) is 2.37. The smallest absolute Gasteiger partial charge is 0.220 e. The molecule has 1 amide bonds. The van der Waals surface area contributed by atoms with Crippen molar-refractivity contribution in [3.8, 4) is 5.75 Å². The minimum atomic E-state index is -0.405. The zero-order chi connectivity index (χ0) is 18.4. The van der Waals surface area contributed by atoms with E-state index in [1.807, 2.05) is 34.0 Å². The van der Waals surface area contributed by atoms with Crippen molar-refractivity contribution < 1.29 is 13.9 Å². The molecular formula is C19H26FN3O2. The fourth-order valence-corrected chi connectivity index (χ4v) is 2.37. The zero-order valence-electron chi connectivity index (χ0n) is 15.3. The molecule has 5 nitrogen and oxygen atoms in total. The number of carbonyl (C=O) groups excluding carboxylic acids is 1. The summed E-state index contributed by atoms with van der Waals surface area (Å²) in [5, 5.41) is 7.11. The summed E-state index contributed by atoms with van der Waals surface area (Å²) in [6.07, 6.45) is 4.66. The fraction of sp³-hybridized carbons (Fsp3) is 0.474. The number of para-hydroxylation sites is 1. The first kappa shape index (κ1) is 19.0. The average Bonchev–Trinajstić information content (AvgIpc) is 2.95. The predicted octanol–water partition coefficient (Wildman–Crippen LogP) is 3.10. The van der Waals surface area contributed by atoms with Gasteiger partial charge in [-0.3, -0.25) is 9.48 Å². The number of halogens is 1. The van der Waals surface area contributed by atoms with Crippen molar-refractivity contribution in [2.24, 2.45) is 12.5 Å². The van der Waals surface area contributed by atoms with Crippen molar-refractivity contribution in [3.05, 3.63) is 48.0 Å². The lowest BCUT2D eigenvalue weighted by molar-refractivity contribution is -0.122. The molecule has 2 aromatic rings. The summed E-state index contributed by atoms with van der Waals surface area (Å²) in [4.78, 5) is 12.3. The van der Waals surface area contributed by atoms with Crippen LogP contribution < -0.4 is 10.1 Å². The van der Waals surface area contributed by atoms with Crippen LogP contribution in [0.25, 0.3) is 0 Å². The molecule has 1 heterocycles. The number of carbonyl (C=O) groups is 1. The van der Waals surface area contributed by atoms with E-state index in [-0.39, 0.29) is 29.7 Å². The van der Waals surface area contributed by atoms with Gasteiger partial charge in [0, 0.05) is 19.7 Å². The molecule has 0 aliphatic rings. The Labute approximate surface area is 148 Å². The van der Waals surface area contributed by atoms with Crippen molar-refractivity contribution in [3.63, 3.8) is 0 Å². The van der Waals surface area contributed by atoms with Gasteiger partial charge in [-0.05, 0) is 29.5 Å². The molecule has 0 aliphatic heterocycles. The number of benzene rings is 1. The van der Waals surface area contributed by atoms with Gasteiger partial charge in [0.15, 0.2) is 11.6 Å². The number of nitrogens with one attached hydrogen (secondary N) is 1. The molecule has 1 N–H and O–H groups in total. The van der Waals surface area contributed by atoms with Crippen LogP contribution in [-0.2, 0) is 18.3 Å². The Bertz CT molecular complexity index is 707. The van der Waals surface area contributed by atoms with Gasteiger partial charge in [0.1, 0.15) is 6.61 Å². The molecule has 0 radical (unpaired) electrons. The monoisotopic (exact) mass is 347 g/mol. The predicted molar refractivity (Wildman–Crippen MR) is 94.8 cm³/mol. The summed E-state index contributed by atoms with van der Waals surface area (Å²) in [7, 11) is 1.85. The molecule has 0 fully saturated rings. The van der Waals surface area contributed by atoms with Crippen molar-refractivity contribution in [1.82, 2.24) is 15.1 Å². The average molecular weight is 347 g/mol. The van der Waals surface area contributed by atoms with Gasteiger partial charge in [-0.2, -0.15) is 5.10 Å². The van der Waals surface area contributed by atoms with Crippen LogP contribution in [0.5, 0.6) is 5.75 Å². The lowest BCUT2D eigenvalue weighted by Crippen LogP contribution is -2.47. The largest absolute Gasteiger partial charge is 0.488 e. The highest BCUT2D eigenvalue weighted by Crippen LogP contribution is 2.22. The topological polar surface area (TPSA) is 56.2 Å². The summed E-state index contributed by atoms with van der Waals surface area (Å²) >= 11 is 0. The number of ether oxygens (including phenoxy) is 1. The standard InChI is InChI=1S/C19H26FN3O2/c1-19(2,3)17(13-25-16-8-6-5-7-15(16)20)22-18(24)10-9-14-11-21-23(4)12-14/h5-8,11-12,17H,9-10,13H2,1-4H3,(H,22,24)/t17-/m1/s1. The van der Waals surface area contributed by atoms with Gasteiger partial charge < -0.3 is 10.1 Å². The Kier molecular flexibility index (Phi) is 6.17. The second-order valence-corrected chi connectivity index (χ2v) is 7.25. The first-order valence-corrected chi connectivity index (χ1v) is 8.40. The first-order chi connectivity index (χ1) is 11.8. The van der Waals surface area contributed by atoms with Gasteiger partial charge in [0.25, 0.3) is 0 Å². The summed E-state index contributed by atoms with van der Waals surface area (Å²) in [6, 6.07) is 6.04. The van der Waals surface area contributed by atoms with Gasteiger partial charge in [-0.15, -0.1) is 0 Å². The molecule has 0 spiro atoms. The van der Waals surface area contributed by atoms with Crippen LogP contribution in [-0.4, -0.2) is 28.3 Å². The van der Waals surface area contributed by atoms with Crippen LogP contribution >= 0.6 is 0 Å². The molecule has 0 unspecified atom stereocenters. The summed E-state index contributed by atoms with van der Waals surface area (Å²) in [5.74, 6) is -0.264. The van der Waals surface area contributed by atoms with Crippen LogP contribution in [0.15, 0.2) is 36.7 Å². The second kappa shape index (κ2) is 8.14. The van der Waals surface area contributed by atoms with E-state index in [0.717, 1.165) is 5.56 Å². The minimum absolute atomic E-state index is 0.0547. The van der Waals surface area contributed by atoms with Crippen LogP contribution in [0.3, 0.4) is 0 Å². The minimum Gasteiger partial charge on any atom is -0.488 e. The Hall–Kier alpha value is -2.37. The van der Waals surface area contributed by atoms with Crippen molar-refractivity contribution in [2.75, 3.05) is 6.61 Å². The Balaban J connectivity index is 1.91. The van der Waals surface area contributed by atoms with E-state index in [1.165, 1.54) is 6.07 Å². The normalized spacial score (nSPS) is 12.7. The van der Waals surface area contributed by atoms with Gasteiger partial charge >= 0.3 is 0 Å². The number of amides is 1. The third-order valence-electron chi connectivity index (χ3n) is 4.02. The Morgan fingerprint density at radius 2 is 2.08 bits per heavy atom. The molecule has 6 heteroatoms. The number of nitrogens with zero attached hydrogens (tertiary/aromatic N) is 2. The van der Waals surface area contributed by atoms with E-state index < -0.39 is 5.82 Å². The van der Waals surface area contributed by atoms with Crippen molar-refractivity contribution >= 4 is 5.91 Å². The maximum Gasteiger partial charge on any atom is 0.220 e. The number of rotatable bonds is 7. The van der Waals surface area contributed by atoms with Crippen molar-refractivity contribution in [1.29, 1.82) is 0 Å². The van der Waals surface area contributed by atoms with Gasteiger partial charge in [0.2, 0.25) is 5.91 Å². The molecule has 25 heavy (non-hydrogen) atoms. The molecule has 0 aliphatic carbocycles. The lowest BCUT2D eigenvalue weighted by Gasteiger charge is -2.31. The van der Waals surface area contributed by atoms with Crippen LogP contribution in [0.4, 0.5) is 4.39 Å². The number of hydrogen-bond donors (Lipinski definition) is 1. The van der Waals surface area contributed by atoms with Gasteiger partial charge in [-0.25, -0.2) is 4.39 Å². The highest BCUT2D eigenvalue weighted by molar-refractivity contribution is 5.76. The Morgan fingerprint density at radius 1 is 1.36 bits per heavy atom. The van der Waals surface area contributed by atoms with Crippen molar-refractivity contribution in [2.45, 2.75) is 39.7 Å². The van der Waals surface area contributed by atoms with E-state index in [9.17, 15) is 9.18 Å². The highest BCUT2D eigenvalue weighted by Gasteiger charge is 2.27. The van der Waals surface area contributed by atoms with Crippen LogP contribution in [0, 0.1) is 11.2 Å². The molecule has 2 rings (SSSR count). The lowest BCUT2D eigenvalue weighted by atomic mass is 9.87. The molecule has 136 valence electrons. The maximum absolute atomic E-state index is 13.7. The molecule has 1 aromatic carbocycles. The van der Waals surface area contributed by atoms with E-state index in [4.69, 9.17) is 4.74 Å². The summed E-state index contributed by atoms with van der Waals surface area (Å²) in [5.41, 5.74) is 0.808. The van der Waals surface area contributed by atoms with Crippen LogP contribution in [0.1, 0.15) is 32.8 Å². The molecule has 0 saturated heterocycles. The van der Waals surface area contributed by atoms with E-state index in [2.05, 4.69) is 10.4 Å². The number of aryl methyl sites for hydroxylation is 2.